The number of guanidine groups is 1. The van der Waals surface area contributed by atoms with Gasteiger partial charge in [0, 0.05) is 38.2 Å². The molecule has 1 saturated heterocycles. The number of para-hydroxylation sites is 1. The van der Waals surface area contributed by atoms with Crippen molar-refractivity contribution >= 4 is 29.9 Å². The van der Waals surface area contributed by atoms with E-state index in [0.717, 1.165) is 55.7 Å². The van der Waals surface area contributed by atoms with Crippen molar-refractivity contribution in [3.8, 4) is 11.5 Å². The van der Waals surface area contributed by atoms with E-state index in [1.807, 2.05) is 18.2 Å². The molecule has 25 heavy (non-hydrogen) atoms. The van der Waals surface area contributed by atoms with Crippen molar-refractivity contribution in [1.82, 2.24) is 10.2 Å². The SMILES string of the molecule is CCNC(=NCc1cccc(OC)c1OC)N(C)CC1CCOC1.I. The van der Waals surface area contributed by atoms with Crippen molar-refractivity contribution in [1.29, 1.82) is 0 Å². The van der Waals surface area contributed by atoms with Crippen molar-refractivity contribution in [3.05, 3.63) is 23.8 Å². The third-order valence-corrected chi connectivity index (χ3v) is 4.14. The Labute approximate surface area is 167 Å². The van der Waals surface area contributed by atoms with Gasteiger partial charge in [0.25, 0.3) is 0 Å². The van der Waals surface area contributed by atoms with E-state index in [2.05, 4.69) is 24.2 Å². The van der Waals surface area contributed by atoms with E-state index < -0.39 is 0 Å². The van der Waals surface area contributed by atoms with Gasteiger partial charge in [-0.25, -0.2) is 4.99 Å². The largest absolute Gasteiger partial charge is 0.493 e. The fourth-order valence-corrected chi connectivity index (χ4v) is 2.91. The second-order valence-corrected chi connectivity index (χ2v) is 5.93. The Morgan fingerprint density at radius 2 is 2.16 bits per heavy atom. The summed E-state index contributed by atoms with van der Waals surface area (Å²) in [6.45, 7) is 6.10. The number of halogens is 1. The third kappa shape index (κ3) is 6.22. The first-order chi connectivity index (χ1) is 11.7. The summed E-state index contributed by atoms with van der Waals surface area (Å²) in [5.41, 5.74) is 1.00. The van der Waals surface area contributed by atoms with Gasteiger partial charge >= 0.3 is 0 Å². The van der Waals surface area contributed by atoms with Gasteiger partial charge in [0.05, 0.1) is 27.4 Å². The minimum absolute atomic E-state index is 0. The third-order valence-electron chi connectivity index (χ3n) is 4.14. The highest BCUT2D eigenvalue weighted by atomic mass is 127. The zero-order chi connectivity index (χ0) is 17.4. The lowest BCUT2D eigenvalue weighted by atomic mass is 10.1. The first kappa shape index (κ1) is 21.8. The molecule has 1 fully saturated rings. The van der Waals surface area contributed by atoms with Gasteiger partial charge in [-0.2, -0.15) is 0 Å². The highest BCUT2D eigenvalue weighted by molar-refractivity contribution is 14.0. The first-order valence-electron chi connectivity index (χ1n) is 8.46. The van der Waals surface area contributed by atoms with Crippen LogP contribution in [0.3, 0.4) is 0 Å². The maximum atomic E-state index is 5.48. The van der Waals surface area contributed by atoms with Crippen LogP contribution in [-0.2, 0) is 11.3 Å². The molecule has 0 amide bonds. The molecule has 1 atom stereocenters. The standard InChI is InChI=1S/C18H29N3O3.HI/c1-5-19-18(21(2)12-14-9-10-24-13-14)20-11-15-7-6-8-16(22-3)17(15)23-4;/h6-8,14H,5,9-13H2,1-4H3,(H,19,20);1H. The number of nitrogens with one attached hydrogen (secondary N) is 1. The summed E-state index contributed by atoms with van der Waals surface area (Å²) in [6, 6.07) is 5.86. The van der Waals surface area contributed by atoms with Crippen LogP contribution in [-0.4, -0.2) is 58.4 Å². The number of aliphatic imine (C=N–C) groups is 1. The van der Waals surface area contributed by atoms with E-state index in [-0.39, 0.29) is 24.0 Å². The molecule has 0 radical (unpaired) electrons. The number of ether oxygens (including phenoxy) is 3. The number of rotatable bonds is 7. The zero-order valence-electron chi connectivity index (χ0n) is 15.6. The number of methoxy groups -OCH3 is 2. The molecule has 1 aromatic carbocycles. The monoisotopic (exact) mass is 463 g/mol. The Balaban J connectivity index is 0.00000312. The molecule has 1 aromatic rings. The predicted octanol–water partition coefficient (Wildman–Crippen LogP) is 2.76. The fraction of sp³-hybridized carbons (Fsp3) is 0.611. The van der Waals surface area contributed by atoms with Gasteiger partial charge in [-0.15, -0.1) is 24.0 Å². The molecule has 142 valence electrons. The normalized spacial score (nSPS) is 17.0. The van der Waals surface area contributed by atoms with Gasteiger partial charge in [-0.1, -0.05) is 12.1 Å². The summed E-state index contributed by atoms with van der Waals surface area (Å²) < 4.78 is 16.3. The topological polar surface area (TPSA) is 55.3 Å². The zero-order valence-corrected chi connectivity index (χ0v) is 17.9. The Morgan fingerprint density at radius 3 is 2.76 bits per heavy atom. The van der Waals surface area contributed by atoms with Crippen LogP contribution in [0.15, 0.2) is 23.2 Å². The highest BCUT2D eigenvalue weighted by Gasteiger charge is 2.19. The molecule has 7 heteroatoms. The van der Waals surface area contributed by atoms with Crippen molar-refractivity contribution in [2.24, 2.45) is 10.9 Å². The lowest BCUT2D eigenvalue weighted by Gasteiger charge is -2.24. The number of nitrogens with zero attached hydrogens (tertiary/aromatic N) is 2. The van der Waals surface area contributed by atoms with Crippen LogP contribution in [0.4, 0.5) is 0 Å². The second-order valence-electron chi connectivity index (χ2n) is 5.93. The van der Waals surface area contributed by atoms with Gasteiger partial charge in [-0.05, 0) is 19.4 Å². The molecule has 1 aliphatic rings. The molecule has 6 nitrogen and oxygen atoms in total. The van der Waals surface area contributed by atoms with Crippen LogP contribution < -0.4 is 14.8 Å². The summed E-state index contributed by atoms with van der Waals surface area (Å²) >= 11 is 0. The molecule has 1 aliphatic heterocycles. The summed E-state index contributed by atoms with van der Waals surface area (Å²) in [5, 5.41) is 3.36. The van der Waals surface area contributed by atoms with Crippen LogP contribution in [0.1, 0.15) is 18.9 Å². The van der Waals surface area contributed by atoms with Gasteiger partial charge in [0.2, 0.25) is 0 Å². The average molecular weight is 463 g/mol. The lowest BCUT2D eigenvalue weighted by Crippen LogP contribution is -2.41. The molecule has 1 N–H and O–H groups in total. The quantitative estimate of drug-likeness (QED) is 0.383. The van der Waals surface area contributed by atoms with E-state index >= 15 is 0 Å². The second kappa shape index (κ2) is 11.4. The van der Waals surface area contributed by atoms with Crippen molar-refractivity contribution in [2.75, 3.05) is 47.6 Å². The van der Waals surface area contributed by atoms with Crippen molar-refractivity contribution < 1.29 is 14.2 Å². The minimum Gasteiger partial charge on any atom is -0.493 e. The van der Waals surface area contributed by atoms with E-state index in [1.54, 1.807) is 14.2 Å². The molecule has 2 rings (SSSR count). The van der Waals surface area contributed by atoms with Gasteiger partial charge in [0.1, 0.15) is 0 Å². The van der Waals surface area contributed by atoms with Crippen molar-refractivity contribution in [2.45, 2.75) is 19.9 Å². The van der Waals surface area contributed by atoms with Crippen LogP contribution in [0.25, 0.3) is 0 Å². The number of hydrogen-bond donors (Lipinski definition) is 1. The summed E-state index contributed by atoms with van der Waals surface area (Å²) in [7, 11) is 5.37. The molecule has 0 aliphatic carbocycles. The Kier molecular flexibility index (Phi) is 9.96. The minimum atomic E-state index is 0. The first-order valence-corrected chi connectivity index (χ1v) is 8.46. The fourth-order valence-electron chi connectivity index (χ4n) is 2.91. The summed E-state index contributed by atoms with van der Waals surface area (Å²) in [5.74, 6) is 2.94. The maximum absolute atomic E-state index is 5.48. The Hall–Kier alpha value is -1.22. The molecular weight excluding hydrogens is 433 g/mol. The van der Waals surface area contributed by atoms with E-state index in [0.29, 0.717) is 12.5 Å². The van der Waals surface area contributed by atoms with Crippen LogP contribution >= 0.6 is 24.0 Å². The highest BCUT2D eigenvalue weighted by Crippen LogP contribution is 2.31. The van der Waals surface area contributed by atoms with Gasteiger partial charge in [0.15, 0.2) is 17.5 Å². The van der Waals surface area contributed by atoms with Gasteiger partial charge < -0.3 is 24.4 Å². The van der Waals surface area contributed by atoms with E-state index in [9.17, 15) is 0 Å². The molecule has 0 saturated carbocycles. The number of hydrogen-bond acceptors (Lipinski definition) is 4. The average Bonchev–Trinajstić information content (AvgIpc) is 3.10. The molecule has 0 aromatic heterocycles. The Bertz CT molecular complexity index is 548. The van der Waals surface area contributed by atoms with Crippen LogP contribution in [0, 0.1) is 5.92 Å². The van der Waals surface area contributed by atoms with Gasteiger partial charge in [-0.3, -0.25) is 0 Å². The van der Waals surface area contributed by atoms with Crippen LogP contribution in [0.5, 0.6) is 11.5 Å². The molecule has 0 bridgehead atoms. The molecule has 0 spiro atoms. The van der Waals surface area contributed by atoms with E-state index in [1.165, 1.54) is 0 Å². The molecule has 1 heterocycles. The molecular formula is C18H30IN3O3. The maximum Gasteiger partial charge on any atom is 0.193 e. The van der Waals surface area contributed by atoms with Crippen LogP contribution in [0.2, 0.25) is 0 Å². The molecule has 1 unspecified atom stereocenters. The van der Waals surface area contributed by atoms with Crippen molar-refractivity contribution in [3.63, 3.8) is 0 Å². The summed E-state index contributed by atoms with van der Waals surface area (Å²) in [4.78, 5) is 6.94. The van der Waals surface area contributed by atoms with E-state index in [4.69, 9.17) is 19.2 Å². The smallest absolute Gasteiger partial charge is 0.193 e. The predicted molar refractivity (Wildman–Crippen MR) is 111 cm³/mol. The Morgan fingerprint density at radius 1 is 1.36 bits per heavy atom. The summed E-state index contributed by atoms with van der Waals surface area (Å²) in [6.07, 6.45) is 1.12. The number of benzene rings is 1. The lowest BCUT2D eigenvalue weighted by molar-refractivity contribution is 0.181.